The average Bonchev–Trinajstić information content (AvgIpc) is 2.89. The summed E-state index contributed by atoms with van der Waals surface area (Å²) >= 11 is 5.94. The number of nitrogens with one attached hydrogen (secondary N) is 1. The lowest BCUT2D eigenvalue weighted by atomic mass is 10.0. The maximum Gasteiger partial charge on any atom is 0.337 e. The lowest BCUT2D eigenvalue weighted by molar-refractivity contribution is 0.0698. The van der Waals surface area contributed by atoms with Crippen molar-refractivity contribution in [1.82, 2.24) is 4.98 Å². The molecule has 4 rings (SSSR count). The van der Waals surface area contributed by atoms with Crippen LogP contribution in [0.4, 0.5) is 17.1 Å². The summed E-state index contributed by atoms with van der Waals surface area (Å²) in [5, 5.41) is 12.9. The molecule has 1 aromatic heterocycles. The van der Waals surface area contributed by atoms with Crippen molar-refractivity contribution in [1.29, 1.82) is 0 Å². The Morgan fingerprint density at radius 3 is 2.17 bits per heavy atom. The molecule has 0 bridgehead atoms. The standard InChI is InChI=1S/C27H20ClN3O4/c1-31(20-10-8-19(28)9-11-20)21-12-14-24(29-16-21)25(32)18-7-13-23(22(15-18)27(34)35)30-26(33)17-5-3-2-4-6-17/h2-16H,1H3,(H,30,33)(H,34,35). The van der Waals surface area contributed by atoms with Crippen LogP contribution in [0.5, 0.6) is 0 Å². The lowest BCUT2D eigenvalue weighted by Gasteiger charge is -2.19. The first kappa shape index (κ1) is 23.7. The van der Waals surface area contributed by atoms with Crippen molar-refractivity contribution in [2.45, 2.75) is 0 Å². The average molecular weight is 486 g/mol. The quantitative estimate of drug-likeness (QED) is 0.326. The Balaban J connectivity index is 1.55. The molecule has 0 aliphatic carbocycles. The number of anilines is 3. The van der Waals surface area contributed by atoms with Crippen LogP contribution in [0.1, 0.15) is 36.8 Å². The van der Waals surface area contributed by atoms with Gasteiger partial charge in [0.2, 0.25) is 5.78 Å². The molecule has 0 unspecified atom stereocenters. The fourth-order valence-electron chi connectivity index (χ4n) is 3.44. The third kappa shape index (κ3) is 5.37. The highest BCUT2D eigenvalue weighted by atomic mass is 35.5. The summed E-state index contributed by atoms with van der Waals surface area (Å²) in [6.07, 6.45) is 1.56. The predicted octanol–water partition coefficient (Wildman–Crippen LogP) is 5.68. The number of carboxylic acids is 1. The molecule has 0 saturated heterocycles. The number of carboxylic acid groups (broad SMARTS) is 1. The van der Waals surface area contributed by atoms with Crippen molar-refractivity contribution in [2.24, 2.45) is 0 Å². The van der Waals surface area contributed by atoms with Gasteiger partial charge in [0, 0.05) is 28.9 Å². The molecule has 0 spiro atoms. The van der Waals surface area contributed by atoms with Crippen LogP contribution < -0.4 is 10.2 Å². The molecule has 1 heterocycles. The topological polar surface area (TPSA) is 99.6 Å². The van der Waals surface area contributed by atoms with E-state index in [0.29, 0.717) is 10.6 Å². The number of carbonyl (C=O) groups excluding carboxylic acids is 2. The highest BCUT2D eigenvalue weighted by Crippen LogP contribution is 2.25. The van der Waals surface area contributed by atoms with E-state index in [9.17, 15) is 19.5 Å². The van der Waals surface area contributed by atoms with Crippen LogP contribution in [0.3, 0.4) is 0 Å². The van der Waals surface area contributed by atoms with Crippen LogP contribution in [0.15, 0.2) is 91.1 Å². The van der Waals surface area contributed by atoms with Gasteiger partial charge in [-0.1, -0.05) is 29.8 Å². The number of pyridine rings is 1. The number of nitrogens with zero attached hydrogens (tertiary/aromatic N) is 2. The molecule has 174 valence electrons. The Morgan fingerprint density at radius 1 is 0.857 bits per heavy atom. The second kappa shape index (κ2) is 10.2. The number of halogens is 1. The molecule has 8 heteroatoms. The minimum Gasteiger partial charge on any atom is -0.478 e. The molecule has 1 amide bonds. The van der Waals surface area contributed by atoms with Gasteiger partial charge in [0.15, 0.2) is 0 Å². The second-order valence-corrected chi connectivity index (χ2v) is 8.09. The van der Waals surface area contributed by atoms with Crippen LogP contribution in [0.2, 0.25) is 5.02 Å². The molecule has 2 N–H and O–H groups in total. The summed E-state index contributed by atoms with van der Waals surface area (Å²) < 4.78 is 0. The van der Waals surface area contributed by atoms with Crippen LogP contribution >= 0.6 is 11.6 Å². The first-order chi connectivity index (χ1) is 16.8. The summed E-state index contributed by atoms with van der Waals surface area (Å²) in [6, 6.07) is 23.2. The summed E-state index contributed by atoms with van der Waals surface area (Å²) in [5.41, 5.74) is 2.25. The van der Waals surface area contributed by atoms with Gasteiger partial charge in [0.05, 0.1) is 23.1 Å². The molecule has 0 fully saturated rings. The minimum atomic E-state index is -1.27. The Bertz CT molecular complexity index is 1390. The van der Waals surface area contributed by atoms with Gasteiger partial charge in [0.25, 0.3) is 5.91 Å². The third-order valence-corrected chi connectivity index (χ3v) is 5.63. The number of aromatic carboxylic acids is 1. The SMILES string of the molecule is CN(c1ccc(Cl)cc1)c1ccc(C(=O)c2ccc(NC(=O)c3ccccc3)c(C(=O)O)c2)nc1. The highest BCUT2D eigenvalue weighted by molar-refractivity contribution is 6.30. The number of hydrogen-bond donors (Lipinski definition) is 2. The van der Waals surface area contributed by atoms with Gasteiger partial charge in [-0.3, -0.25) is 14.6 Å². The van der Waals surface area contributed by atoms with Gasteiger partial charge in [-0.05, 0) is 66.7 Å². The van der Waals surface area contributed by atoms with E-state index in [4.69, 9.17) is 11.6 Å². The van der Waals surface area contributed by atoms with Gasteiger partial charge in [-0.15, -0.1) is 0 Å². The lowest BCUT2D eigenvalue weighted by Crippen LogP contribution is -2.16. The monoisotopic (exact) mass is 485 g/mol. The van der Waals surface area contributed by atoms with Crippen molar-refractivity contribution in [3.05, 3.63) is 119 Å². The zero-order valence-corrected chi connectivity index (χ0v) is 19.4. The zero-order valence-electron chi connectivity index (χ0n) is 18.6. The largest absolute Gasteiger partial charge is 0.478 e. The van der Waals surface area contributed by atoms with E-state index in [1.807, 2.05) is 24.1 Å². The summed E-state index contributed by atoms with van der Waals surface area (Å²) in [6.45, 7) is 0. The van der Waals surface area contributed by atoms with E-state index in [1.165, 1.54) is 18.2 Å². The third-order valence-electron chi connectivity index (χ3n) is 5.38. The summed E-state index contributed by atoms with van der Waals surface area (Å²) in [4.78, 5) is 43.4. The Hall–Kier alpha value is -4.49. The van der Waals surface area contributed by atoms with E-state index in [2.05, 4.69) is 10.3 Å². The zero-order chi connectivity index (χ0) is 24.9. The van der Waals surface area contributed by atoms with Crippen molar-refractivity contribution >= 4 is 46.3 Å². The van der Waals surface area contributed by atoms with Crippen LogP contribution in [-0.2, 0) is 0 Å². The van der Waals surface area contributed by atoms with Gasteiger partial charge in [0.1, 0.15) is 5.69 Å². The number of benzene rings is 3. The fourth-order valence-corrected chi connectivity index (χ4v) is 3.56. The van der Waals surface area contributed by atoms with Crippen molar-refractivity contribution in [2.75, 3.05) is 17.3 Å². The minimum absolute atomic E-state index is 0.0933. The van der Waals surface area contributed by atoms with Crippen LogP contribution in [0.25, 0.3) is 0 Å². The molecule has 3 aromatic carbocycles. The number of rotatable bonds is 7. The molecule has 0 atom stereocenters. The molecule has 7 nitrogen and oxygen atoms in total. The van der Waals surface area contributed by atoms with Crippen LogP contribution in [-0.4, -0.2) is 34.8 Å². The van der Waals surface area contributed by atoms with Crippen molar-refractivity contribution in [3.63, 3.8) is 0 Å². The van der Waals surface area contributed by atoms with E-state index >= 15 is 0 Å². The van der Waals surface area contributed by atoms with Gasteiger partial charge < -0.3 is 15.3 Å². The number of carbonyl (C=O) groups is 3. The van der Waals surface area contributed by atoms with E-state index in [0.717, 1.165) is 11.4 Å². The van der Waals surface area contributed by atoms with E-state index < -0.39 is 17.7 Å². The van der Waals surface area contributed by atoms with Gasteiger partial charge in [-0.2, -0.15) is 0 Å². The van der Waals surface area contributed by atoms with E-state index in [1.54, 1.807) is 60.8 Å². The Morgan fingerprint density at radius 2 is 1.54 bits per heavy atom. The molecule has 4 aromatic rings. The fraction of sp³-hybridized carbons (Fsp3) is 0.0370. The molecule has 0 radical (unpaired) electrons. The first-order valence-electron chi connectivity index (χ1n) is 10.6. The predicted molar refractivity (Wildman–Crippen MR) is 135 cm³/mol. The number of aromatic nitrogens is 1. The van der Waals surface area contributed by atoms with Crippen LogP contribution in [0, 0.1) is 0 Å². The normalized spacial score (nSPS) is 10.5. The van der Waals surface area contributed by atoms with Gasteiger partial charge in [-0.25, -0.2) is 4.79 Å². The molecule has 0 saturated carbocycles. The molecular formula is C27H20ClN3O4. The molecule has 0 aliphatic heterocycles. The van der Waals surface area contributed by atoms with Crippen molar-refractivity contribution < 1.29 is 19.5 Å². The Kier molecular flexibility index (Phi) is 6.89. The van der Waals surface area contributed by atoms with Gasteiger partial charge >= 0.3 is 5.97 Å². The number of hydrogen-bond acceptors (Lipinski definition) is 5. The first-order valence-corrected chi connectivity index (χ1v) is 10.9. The Labute approximate surface area is 206 Å². The molecule has 0 aliphatic rings. The van der Waals surface area contributed by atoms with Crippen molar-refractivity contribution in [3.8, 4) is 0 Å². The molecular weight excluding hydrogens is 466 g/mol. The molecule has 35 heavy (non-hydrogen) atoms. The second-order valence-electron chi connectivity index (χ2n) is 7.65. The number of amides is 1. The summed E-state index contributed by atoms with van der Waals surface area (Å²) in [5.74, 6) is -2.15. The highest BCUT2D eigenvalue weighted by Gasteiger charge is 2.18. The maximum atomic E-state index is 13.0. The van der Waals surface area contributed by atoms with E-state index in [-0.39, 0.29) is 22.5 Å². The smallest absolute Gasteiger partial charge is 0.337 e. The maximum absolute atomic E-state index is 13.0. The summed E-state index contributed by atoms with van der Waals surface area (Å²) in [7, 11) is 1.86. The number of ketones is 1.